The number of esters is 1. The number of aromatic hydroxyl groups is 1. The van der Waals surface area contributed by atoms with E-state index in [9.17, 15) is 47.9 Å². The highest BCUT2D eigenvalue weighted by molar-refractivity contribution is 9.10. The Morgan fingerprint density at radius 1 is 0.397 bits per heavy atom. The molecule has 116 heavy (non-hydrogen) atoms. The lowest BCUT2D eigenvalue weighted by molar-refractivity contribution is 0.0601. The average Bonchev–Trinajstić information content (AvgIpc) is 1.00. The van der Waals surface area contributed by atoms with Crippen LogP contribution in [0.3, 0.4) is 0 Å². The van der Waals surface area contributed by atoms with E-state index in [2.05, 4.69) is 48.3 Å². The third-order valence-electron chi connectivity index (χ3n) is 24.9. The van der Waals surface area contributed by atoms with Gasteiger partial charge in [-0.15, -0.1) is 0 Å². The minimum atomic E-state index is -0.531. The fourth-order valence-electron chi connectivity index (χ4n) is 17.2. The van der Waals surface area contributed by atoms with Gasteiger partial charge in [0.15, 0.2) is 0 Å². The number of ether oxygens (including phenoxy) is 1. The van der Waals surface area contributed by atoms with Crippen molar-refractivity contribution in [3.8, 4) is 5.75 Å². The second-order valence-electron chi connectivity index (χ2n) is 32.2. The van der Waals surface area contributed by atoms with Gasteiger partial charge in [-0.3, -0.25) is 24.0 Å². The number of aromatic amines is 3. The van der Waals surface area contributed by atoms with Crippen LogP contribution in [0.4, 0.5) is 11.4 Å². The van der Waals surface area contributed by atoms with Crippen LogP contribution in [-0.2, 0) is 4.74 Å². The smallest absolute Gasteiger partial charge is 0.349 e. The third kappa shape index (κ3) is 16.6. The highest BCUT2D eigenvalue weighted by Crippen LogP contribution is 2.44. The molecule has 5 N–H and O–H groups in total. The molecule has 0 bridgehead atoms. The molecule has 0 spiro atoms. The molecule has 8 aliphatic carbocycles. The quantitative estimate of drug-likeness (QED) is 0.0593. The molecule has 0 radical (unpaired) electrons. The zero-order valence-corrected chi connectivity index (χ0v) is 66.4. The van der Waals surface area contributed by atoms with Crippen molar-refractivity contribution in [2.45, 2.75) is 215 Å². The predicted octanol–water partition coefficient (Wildman–Crippen LogP) is 19.1. The number of benzene rings is 4. The van der Waals surface area contributed by atoms with Crippen molar-refractivity contribution in [3.63, 3.8) is 0 Å². The minimum absolute atomic E-state index is 0.00755. The van der Waals surface area contributed by atoms with Crippen LogP contribution in [0.25, 0.3) is 65.4 Å². The van der Waals surface area contributed by atoms with E-state index in [0.29, 0.717) is 113 Å². The predicted molar refractivity (Wildman–Crippen MR) is 453 cm³/mol. The molecule has 0 saturated heterocycles. The SMILES string of the molecule is COC(=O)c1ccccc1Nc1cc(C2CCC2)oc(=O)c1.O=c1c2ccccc2[nH]c2cc(C3CCC3)n(C3CCCC3)c(=O)c12.O=c1c2ccccc2[nH]c2cc(C3CCC3)n(C3CCCC3)c(=O)c12.O=c1cc(Br)cc(C2CCC2)o1.O=c1cc(O)cc(C2CCC2)o1.O=c1oc(C2CCC2)cc2[nH]c3ccccc3c(=O)c12. The van der Waals surface area contributed by atoms with Crippen LogP contribution in [0.2, 0.25) is 0 Å². The fraction of sp³-hybridized carbons (Fsp3) is 0.376. The Morgan fingerprint density at radius 3 is 1.18 bits per heavy atom. The summed E-state index contributed by atoms with van der Waals surface area (Å²) in [6.45, 7) is 0. The fourth-order valence-corrected chi connectivity index (χ4v) is 17.6. The van der Waals surface area contributed by atoms with Crippen LogP contribution in [0.1, 0.15) is 259 Å². The van der Waals surface area contributed by atoms with Crippen molar-refractivity contribution in [2.75, 3.05) is 12.4 Å². The van der Waals surface area contributed by atoms with Gasteiger partial charge in [-0.25, -0.2) is 24.0 Å². The number of anilines is 2. The summed E-state index contributed by atoms with van der Waals surface area (Å²) in [5.41, 5.74) is 5.90. The average molecular weight is 1630 g/mol. The summed E-state index contributed by atoms with van der Waals surface area (Å²) in [6.07, 6.45) is 29.3. The van der Waals surface area contributed by atoms with Gasteiger partial charge in [-0.05, 0) is 181 Å². The molecule has 0 unspecified atom stereocenters. The zero-order chi connectivity index (χ0) is 80.3. The van der Waals surface area contributed by atoms with Crippen molar-refractivity contribution in [3.05, 3.63) is 289 Å². The summed E-state index contributed by atoms with van der Waals surface area (Å²) in [5, 5.41) is 14.7. The number of pyridine rings is 5. The largest absolute Gasteiger partial charge is 0.508 e. The molecule has 8 saturated carbocycles. The maximum Gasteiger partial charge on any atom is 0.349 e. The number of hydrogen-bond donors (Lipinski definition) is 5. The van der Waals surface area contributed by atoms with E-state index in [1.54, 1.807) is 42.5 Å². The summed E-state index contributed by atoms with van der Waals surface area (Å²) >= 11 is 3.27. The standard InChI is InChI=1S/2C21H22N2O2.C17H17NO4.C16H13NO3.C9H9BrO2.C9H10O3/c2*24-20-15-10-3-4-11-16(15)22-17-12-18(13-6-5-7-13)23(21(25)19(17)20)14-8-1-2-9-14;1-21-17(20)13-7-2-3-8-14(13)18-12-9-15(11-5-4-6-11)22-16(19)10-12;18-15-10-6-1-2-7-11(10)17-12-8-13(9-4-3-5-9)20-16(19)14(12)15;2*10-7-4-8(6-2-1-3-6)12-9(11)5-7/h2*3-4,10-14H,1-2,5-9H2,(H,22,24);2-3,7-11,18H,4-6H2,1H3;1-2,6-9H,3-5H2,(H,17,18);4-6H,1-3H2;4-6,10H,1-3H2. The molecule has 22 nitrogen and oxygen atoms in total. The molecule has 8 fully saturated rings. The zero-order valence-electron chi connectivity index (χ0n) is 64.8. The maximum atomic E-state index is 13.4. The molecular formula is C93H93BrN6O16. The van der Waals surface area contributed by atoms with Crippen LogP contribution in [0.15, 0.2) is 217 Å². The molecule has 9 heterocycles. The number of halogens is 1. The maximum absolute atomic E-state index is 13.4. The van der Waals surface area contributed by atoms with Gasteiger partial charge in [0.05, 0.1) is 41.0 Å². The van der Waals surface area contributed by atoms with Crippen molar-refractivity contribution >= 4 is 98.7 Å². The van der Waals surface area contributed by atoms with Gasteiger partial charge in [0, 0.05) is 120 Å². The molecular weight excluding hydrogens is 1540 g/mol. The van der Waals surface area contributed by atoms with Gasteiger partial charge in [0.1, 0.15) is 44.9 Å². The van der Waals surface area contributed by atoms with Crippen LogP contribution in [-0.4, -0.2) is 42.3 Å². The first-order chi connectivity index (χ1) is 56.4. The first kappa shape index (κ1) is 78.4. The van der Waals surface area contributed by atoms with E-state index in [1.165, 1.54) is 83.1 Å². The van der Waals surface area contributed by atoms with Crippen molar-refractivity contribution < 1.29 is 32.3 Å². The van der Waals surface area contributed by atoms with Gasteiger partial charge in [-0.1, -0.05) is 129 Å². The summed E-state index contributed by atoms with van der Waals surface area (Å²) in [4.78, 5) is 132. The van der Waals surface area contributed by atoms with E-state index in [4.69, 9.17) is 27.5 Å². The molecule has 21 rings (SSSR count). The molecule has 8 aliphatic rings. The molecule has 0 aliphatic heterocycles. The Labute approximate surface area is 673 Å². The number of rotatable bonds is 11. The van der Waals surface area contributed by atoms with Crippen LogP contribution < -0.4 is 55.2 Å². The number of fused-ring (bicyclic) bond motifs is 6. The molecule has 9 aromatic heterocycles. The van der Waals surface area contributed by atoms with Gasteiger partial charge in [-0.2, -0.15) is 0 Å². The first-order valence-corrected chi connectivity index (χ1v) is 41.9. The number of carbonyl (C=O) groups is 1. The molecule has 0 amide bonds. The Balaban J connectivity index is 0.000000107. The Hall–Kier alpha value is -11.5. The van der Waals surface area contributed by atoms with Crippen LogP contribution >= 0.6 is 15.9 Å². The lowest BCUT2D eigenvalue weighted by Gasteiger charge is -2.31. The van der Waals surface area contributed by atoms with Crippen LogP contribution in [0, 0.1) is 0 Å². The molecule has 0 atom stereocenters. The monoisotopic (exact) mass is 1630 g/mol. The van der Waals surface area contributed by atoms with E-state index in [-0.39, 0.29) is 61.9 Å². The van der Waals surface area contributed by atoms with Gasteiger partial charge in [0.25, 0.3) is 11.1 Å². The molecule has 4 aromatic carbocycles. The van der Waals surface area contributed by atoms with Crippen molar-refractivity contribution in [1.82, 2.24) is 24.1 Å². The van der Waals surface area contributed by atoms with E-state index < -0.39 is 17.2 Å². The number of para-hydroxylation sites is 4. The van der Waals surface area contributed by atoms with Crippen molar-refractivity contribution in [2.24, 2.45) is 0 Å². The Kier molecular flexibility index (Phi) is 23.4. The number of H-pyrrole nitrogens is 3. The third-order valence-corrected chi connectivity index (χ3v) is 25.4. The number of nitrogens with zero attached hydrogens (tertiary/aromatic N) is 2. The number of aromatic nitrogens is 5. The molecule has 23 heteroatoms. The number of nitrogens with one attached hydrogen (secondary N) is 4. The number of carbonyl (C=O) groups excluding carboxylic acids is 1. The lowest BCUT2D eigenvalue weighted by Crippen LogP contribution is -2.32. The topological polar surface area (TPSA) is 322 Å². The second kappa shape index (κ2) is 34.5. The van der Waals surface area contributed by atoms with Crippen molar-refractivity contribution in [1.29, 1.82) is 0 Å². The van der Waals surface area contributed by atoms with Gasteiger partial charge >= 0.3 is 28.5 Å². The summed E-state index contributed by atoms with van der Waals surface area (Å²) < 4.78 is 30.2. The normalized spacial score (nSPS) is 17.1. The summed E-state index contributed by atoms with van der Waals surface area (Å²) in [6, 6.07) is 44.8. The Morgan fingerprint density at radius 2 is 0.767 bits per heavy atom. The van der Waals surface area contributed by atoms with Crippen LogP contribution in [0.5, 0.6) is 5.75 Å². The number of methoxy groups -OCH3 is 1. The first-order valence-electron chi connectivity index (χ1n) is 41.1. The highest BCUT2D eigenvalue weighted by atomic mass is 79.9. The number of hydrogen-bond acceptors (Lipinski definition) is 17. The lowest BCUT2D eigenvalue weighted by atomic mass is 9.82. The summed E-state index contributed by atoms with van der Waals surface area (Å²) in [5.74, 6) is 4.86. The molecule has 13 aromatic rings. The summed E-state index contributed by atoms with van der Waals surface area (Å²) in [7, 11) is 1.34. The minimum Gasteiger partial charge on any atom is -0.508 e. The van der Waals surface area contributed by atoms with E-state index >= 15 is 0 Å². The van der Waals surface area contributed by atoms with E-state index in [0.717, 1.165) is 153 Å². The Bertz CT molecular complexity index is 6220. The van der Waals surface area contributed by atoms with Gasteiger partial charge < -0.3 is 56.9 Å². The van der Waals surface area contributed by atoms with Gasteiger partial charge in [0.2, 0.25) is 16.3 Å². The molecule has 598 valence electrons. The highest BCUT2D eigenvalue weighted by Gasteiger charge is 2.33. The second-order valence-corrected chi connectivity index (χ2v) is 33.1. The van der Waals surface area contributed by atoms with E-state index in [1.807, 2.05) is 81.9 Å².